The minimum absolute atomic E-state index is 0.320. The van der Waals surface area contributed by atoms with Crippen molar-refractivity contribution in [3.8, 4) is 5.75 Å². The maximum Gasteiger partial charge on any atom is 0.120 e. The number of benzene rings is 2. The van der Waals surface area contributed by atoms with Gasteiger partial charge in [-0.15, -0.1) is 0 Å². The average molecular weight is 253 g/mol. The van der Waals surface area contributed by atoms with Gasteiger partial charge in [0.05, 0.1) is 11.7 Å². The van der Waals surface area contributed by atoms with E-state index in [0.29, 0.717) is 12.3 Å². The molecule has 0 radical (unpaired) electrons. The van der Waals surface area contributed by atoms with E-state index in [4.69, 9.17) is 0 Å². The summed E-state index contributed by atoms with van der Waals surface area (Å²) in [6.45, 7) is 2.60. The molecule has 0 saturated heterocycles. The lowest BCUT2D eigenvalue weighted by atomic mass is 10.1. The number of aryl methyl sites for hydroxylation is 1. The molecule has 1 aromatic heterocycles. The molecule has 2 aromatic carbocycles. The second kappa shape index (κ2) is 4.65. The minimum atomic E-state index is 0.320. The SMILES string of the molecule is Cc1ccc(O)c(CNc2ccc3cn[nH]c3c2)c1. The summed E-state index contributed by atoms with van der Waals surface area (Å²) >= 11 is 0. The molecular weight excluding hydrogens is 238 g/mol. The summed E-state index contributed by atoms with van der Waals surface area (Å²) in [7, 11) is 0. The van der Waals surface area contributed by atoms with Gasteiger partial charge >= 0.3 is 0 Å². The lowest BCUT2D eigenvalue weighted by Crippen LogP contribution is -1.99. The van der Waals surface area contributed by atoms with Gasteiger partial charge in [0.15, 0.2) is 0 Å². The maximum atomic E-state index is 9.80. The smallest absolute Gasteiger partial charge is 0.120 e. The van der Waals surface area contributed by atoms with Crippen molar-refractivity contribution in [2.24, 2.45) is 0 Å². The van der Waals surface area contributed by atoms with Gasteiger partial charge in [-0.1, -0.05) is 17.7 Å². The third-order valence-electron chi connectivity index (χ3n) is 3.16. The van der Waals surface area contributed by atoms with Crippen LogP contribution in [0, 0.1) is 6.92 Å². The standard InChI is InChI=1S/C15H15N3O/c1-10-2-5-15(19)12(6-10)8-16-13-4-3-11-9-17-18-14(11)7-13/h2-7,9,16,19H,8H2,1H3,(H,17,18). The summed E-state index contributed by atoms with van der Waals surface area (Å²) in [4.78, 5) is 0. The molecule has 0 spiro atoms. The Morgan fingerprint density at radius 3 is 3.00 bits per heavy atom. The molecule has 0 unspecified atom stereocenters. The van der Waals surface area contributed by atoms with Gasteiger partial charge in [0.25, 0.3) is 0 Å². The molecule has 4 heteroatoms. The Kier molecular flexibility index (Phi) is 2.83. The van der Waals surface area contributed by atoms with Crippen LogP contribution in [-0.4, -0.2) is 15.3 Å². The van der Waals surface area contributed by atoms with Gasteiger partial charge in [0.2, 0.25) is 0 Å². The van der Waals surface area contributed by atoms with Crippen LogP contribution >= 0.6 is 0 Å². The number of aromatic hydroxyl groups is 1. The highest BCUT2D eigenvalue weighted by atomic mass is 16.3. The number of hydrogen-bond acceptors (Lipinski definition) is 3. The van der Waals surface area contributed by atoms with Crippen LogP contribution in [0.4, 0.5) is 5.69 Å². The molecule has 4 nitrogen and oxygen atoms in total. The van der Waals surface area contributed by atoms with E-state index in [-0.39, 0.29) is 0 Å². The quantitative estimate of drug-likeness (QED) is 0.671. The predicted molar refractivity (Wildman–Crippen MR) is 76.3 cm³/mol. The van der Waals surface area contributed by atoms with Crippen LogP contribution in [-0.2, 0) is 6.54 Å². The third kappa shape index (κ3) is 2.38. The molecule has 0 fully saturated rings. The number of nitrogens with one attached hydrogen (secondary N) is 2. The number of nitrogens with zero attached hydrogens (tertiary/aromatic N) is 1. The van der Waals surface area contributed by atoms with E-state index in [2.05, 4.69) is 15.5 Å². The number of aromatic amines is 1. The molecule has 3 rings (SSSR count). The number of aromatic nitrogens is 2. The van der Waals surface area contributed by atoms with Crippen LogP contribution < -0.4 is 5.32 Å². The molecule has 1 heterocycles. The van der Waals surface area contributed by atoms with E-state index >= 15 is 0 Å². The zero-order valence-corrected chi connectivity index (χ0v) is 10.6. The molecule has 0 atom stereocenters. The van der Waals surface area contributed by atoms with Crippen molar-refractivity contribution in [2.45, 2.75) is 13.5 Å². The number of anilines is 1. The van der Waals surface area contributed by atoms with Gasteiger partial charge in [-0.25, -0.2) is 0 Å². The monoisotopic (exact) mass is 253 g/mol. The molecule has 0 saturated carbocycles. The fourth-order valence-corrected chi connectivity index (χ4v) is 2.10. The Morgan fingerprint density at radius 1 is 1.21 bits per heavy atom. The summed E-state index contributed by atoms with van der Waals surface area (Å²) in [6.07, 6.45) is 1.80. The lowest BCUT2D eigenvalue weighted by molar-refractivity contribution is 0.469. The Morgan fingerprint density at radius 2 is 2.11 bits per heavy atom. The highest BCUT2D eigenvalue weighted by Gasteiger charge is 2.02. The van der Waals surface area contributed by atoms with E-state index < -0.39 is 0 Å². The largest absolute Gasteiger partial charge is 0.508 e. The number of rotatable bonds is 3. The summed E-state index contributed by atoms with van der Waals surface area (Å²) in [5, 5.41) is 21.1. The lowest BCUT2D eigenvalue weighted by Gasteiger charge is -2.09. The van der Waals surface area contributed by atoms with Crippen molar-refractivity contribution in [2.75, 3.05) is 5.32 Å². The van der Waals surface area contributed by atoms with Gasteiger partial charge in [0, 0.05) is 23.2 Å². The zero-order valence-electron chi connectivity index (χ0n) is 10.6. The summed E-state index contributed by atoms with van der Waals surface area (Å²) < 4.78 is 0. The molecule has 3 aromatic rings. The van der Waals surface area contributed by atoms with E-state index in [1.54, 1.807) is 12.3 Å². The van der Waals surface area contributed by atoms with Crippen LogP contribution in [0.2, 0.25) is 0 Å². The van der Waals surface area contributed by atoms with Crippen LogP contribution in [0.15, 0.2) is 42.6 Å². The number of fused-ring (bicyclic) bond motifs is 1. The summed E-state index contributed by atoms with van der Waals surface area (Å²) in [5.74, 6) is 0.320. The van der Waals surface area contributed by atoms with Crippen molar-refractivity contribution in [3.05, 3.63) is 53.7 Å². The molecule has 19 heavy (non-hydrogen) atoms. The predicted octanol–water partition coefficient (Wildman–Crippen LogP) is 3.19. The van der Waals surface area contributed by atoms with Crippen LogP contribution in [0.25, 0.3) is 10.9 Å². The fraction of sp³-hybridized carbons (Fsp3) is 0.133. The van der Waals surface area contributed by atoms with Crippen LogP contribution in [0.3, 0.4) is 0 Å². The second-order valence-electron chi connectivity index (χ2n) is 4.66. The molecule has 0 bridgehead atoms. The molecule has 96 valence electrons. The van der Waals surface area contributed by atoms with Crippen molar-refractivity contribution in [1.29, 1.82) is 0 Å². The van der Waals surface area contributed by atoms with E-state index in [1.165, 1.54) is 0 Å². The Labute approximate surface area is 111 Å². The van der Waals surface area contributed by atoms with Gasteiger partial charge in [0.1, 0.15) is 5.75 Å². The summed E-state index contributed by atoms with van der Waals surface area (Å²) in [5.41, 5.74) is 4.03. The number of H-pyrrole nitrogens is 1. The first-order valence-electron chi connectivity index (χ1n) is 6.18. The van der Waals surface area contributed by atoms with Crippen LogP contribution in [0.1, 0.15) is 11.1 Å². The third-order valence-corrected chi connectivity index (χ3v) is 3.16. The number of phenols is 1. The first kappa shape index (κ1) is 11.6. The van der Waals surface area contributed by atoms with E-state index in [0.717, 1.165) is 27.7 Å². The number of hydrogen-bond donors (Lipinski definition) is 3. The van der Waals surface area contributed by atoms with Crippen molar-refractivity contribution in [3.63, 3.8) is 0 Å². The van der Waals surface area contributed by atoms with E-state index in [1.807, 2.05) is 37.3 Å². The molecule has 0 amide bonds. The normalized spacial score (nSPS) is 10.8. The van der Waals surface area contributed by atoms with Gasteiger partial charge in [-0.2, -0.15) is 5.10 Å². The van der Waals surface area contributed by atoms with Gasteiger partial charge in [-0.05, 0) is 31.2 Å². The molecule has 0 aliphatic rings. The number of phenolic OH excluding ortho intramolecular Hbond substituents is 1. The zero-order chi connectivity index (χ0) is 13.2. The molecular formula is C15H15N3O. The first-order chi connectivity index (χ1) is 9.22. The maximum absolute atomic E-state index is 9.80. The molecule has 3 N–H and O–H groups in total. The fourth-order valence-electron chi connectivity index (χ4n) is 2.10. The highest BCUT2D eigenvalue weighted by Crippen LogP contribution is 2.21. The summed E-state index contributed by atoms with van der Waals surface area (Å²) in [6, 6.07) is 11.6. The molecule has 0 aliphatic carbocycles. The Bertz CT molecular complexity index is 718. The van der Waals surface area contributed by atoms with Crippen molar-refractivity contribution >= 4 is 16.6 Å². The first-order valence-corrected chi connectivity index (χ1v) is 6.18. The Balaban J connectivity index is 1.79. The average Bonchev–Trinajstić information content (AvgIpc) is 2.87. The van der Waals surface area contributed by atoms with Crippen LogP contribution in [0.5, 0.6) is 5.75 Å². The van der Waals surface area contributed by atoms with Crippen molar-refractivity contribution in [1.82, 2.24) is 10.2 Å². The topological polar surface area (TPSA) is 60.9 Å². The Hall–Kier alpha value is -2.49. The minimum Gasteiger partial charge on any atom is -0.508 e. The van der Waals surface area contributed by atoms with Gasteiger partial charge < -0.3 is 10.4 Å². The van der Waals surface area contributed by atoms with Crippen molar-refractivity contribution < 1.29 is 5.11 Å². The highest BCUT2D eigenvalue weighted by molar-refractivity contribution is 5.81. The second-order valence-corrected chi connectivity index (χ2v) is 4.66. The molecule has 0 aliphatic heterocycles. The van der Waals surface area contributed by atoms with E-state index in [9.17, 15) is 5.11 Å². The van der Waals surface area contributed by atoms with Gasteiger partial charge in [-0.3, -0.25) is 5.10 Å².